The van der Waals surface area contributed by atoms with Gasteiger partial charge in [-0.2, -0.15) is 0 Å². The SMILES string of the molecule is CC(CO)C(C)N=C(N)NC(C)(C)C. The smallest absolute Gasteiger partial charge is 0.189 e. The van der Waals surface area contributed by atoms with Crippen LogP contribution in [0.4, 0.5) is 0 Å². The molecule has 0 heterocycles. The summed E-state index contributed by atoms with van der Waals surface area (Å²) in [5.74, 6) is 0.570. The lowest BCUT2D eigenvalue weighted by Gasteiger charge is -2.22. The molecule has 0 aliphatic rings. The molecule has 0 radical (unpaired) electrons. The zero-order valence-electron chi connectivity index (χ0n) is 9.83. The summed E-state index contributed by atoms with van der Waals surface area (Å²) in [7, 11) is 0. The average molecular weight is 201 g/mol. The van der Waals surface area contributed by atoms with Gasteiger partial charge in [0.15, 0.2) is 5.96 Å². The fourth-order valence-electron chi connectivity index (χ4n) is 0.916. The molecule has 0 amide bonds. The molecule has 4 N–H and O–H groups in total. The maximum Gasteiger partial charge on any atom is 0.189 e. The van der Waals surface area contributed by atoms with Crippen LogP contribution in [0.3, 0.4) is 0 Å². The standard InChI is InChI=1S/C10H23N3O/c1-7(6-14)8(2)12-9(11)13-10(3,4)5/h7-8,14H,6H2,1-5H3,(H3,11,12,13). The summed E-state index contributed by atoms with van der Waals surface area (Å²) in [5.41, 5.74) is 5.64. The highest BCUT2D eigenvalue weighted by Gasteiger charge is 2.13. The quantitative estimate of drug-likeness (QED) is 0.465. The molecule has 84 valence electrons. The van der Waals surface area contributed by atoms with Gasteiger partial charge in [-0.15, -0.1) is 0 Å². The van der Waals surface area contributed by atoms with Gasteiger partial charge in [-0.3, -0.25) is 4.99 Å². The first-order valence-electron chi connectivity index (χ1n) is 4.98. The Morgan fingerprint density at radius 2 is 1.93 bits per heavy atom. The Balaban J connectivity index is 4.23. The predicted molar refractivity (Wildman–Crippen MR) is 60.2 cm³/mol. The van der Waals surface area contributed by atoms with E-state index in [1.54, 1.807) is 0 Å². The second-order valence-electron chi connectivity index (χ2n) is 4.79. The Bertz CT molecular complexity index is 196. The van der Waals surface area contributed by atoms with E-state index in [0.29, 0.717) is 5.96 Å². The van der Waals surface area contributed by atoms with E-state index in [0.717, 1.165) is 0 Å². The number of nitrogens with one attached hydrogen (secondary N) is 1. The van der Waals surface area contributed by atoms with Gasteiger partial charge in [-0.25, -0.2) is 0 Å². The molecule has 0 aliphatic heterocycles. The Labute approximate surface area is 86.6 Å². The first-order valence-corrected chi connectivity index (χ1v) is 4.98. The van der Waals surface area contributed by atoms with Crippen molar-refractivity contribution in [1.82, 2.24) is 5.32 Å². The molecular weight excluding hydrogens is 178 g/mol. The molecule has 0 bridgehead atoms. The third-order valence-corrected chi connectivity index (χ3v) is 1.96. The minimum Gasteiger partial charge on any atom is -0.396 e. The first-order chi connectivity index (χ1) is 6.26. The topological polar surface area (TPSA) is 70.6 Å². The highest BCUT2D eigenvalue weighted by atomic mass is 16.3. The molecule has 0 spiro atoms. The monoisotopic (exact) mass is 201 g/mol. The molecule has 4 nitrogen and oxygen atoms in total. The highest BCUT2D eigenvalue weighted by molar-refractivity contribution is 5.78. The summed E-state index contributed by atoms with van der Waals surface area (Å²) in [4.78, 5) is 4.26. The molecule has 0 saturated heterocycles. The molecule has 14 heavy (non-hydrogen) atoms. The number of aliphatic hydroxyl groups excluding tert-OH is 1. The Morgan fingerprint density at radius 3 is 2.29 bits per heavy atom. The molecule has 2 atom stereocenters. The van der Waals surface area contributed by atoms with Gasteiger partial charge in [0.2, 0.25) is 0 Å². The van der Waals surface area contributed by atoms with Crippen LogP contribution < -0.4 is 11.1 Å². The maximum atomic E-state index is 8.92. The molecule has 4 heteroatoms. The van der Waals surface area contributed by atoms with Crippen LogP contribution in [-0.4, -0.2) is 29.3 Å². The van der Waals surface area contributed by atoms with Crippen LogP contribution in [0.2, 0.25) is 0 Å². The number of nitrogens with two attached hydrogens (primary N) is 1. The lowest BCUT2D eigenvalue weighted by molar-refractivity contribution is 0.221. The van der Waals surface area contributed by atoms with Crippen molar-refractivity contribution in [2.24, 2.45) is 16.6 Å². The fourth-order valence-corrected chi connectivity index (χ4v) is 0.916. The number of hydrogen-bond donors (Lipinski definition) is 3. The van der Waals surface area contributed by atoms with Crippen molar-refractivity contribution in [3.8, 4) is 0 Å². The second kappa shape index (κ2) is 5.20. The Morgan fingerprint density at radius 1 is 1.43 bits per heavy atom. The van der Waals surface area contributed by atoms with Crippen molar-refractivity contribution >= 4 is 5.96 Å². The lowest BCUT2D eigenvalue weighted by Crippen LogP contribution is -2.45. The van der Waals surface area contributed by atoms with Crippen molar-refractivity contribution in [2.45, 2.75) is 46.2 Å². The first kappa shape index (κ1) is 13.2. The van der Waals surface area contributed by atoms with E-state index in [-0.39, 0.29) is 24.1 Å². The molecular formula is C10H23N3O. The number of aliphatic imine (C=N–C) groups is 1. The van der Waals surface area contributed by atoms with E-state index >= 15 is 0 Å². The third-order valence-electron chi connectivity index (χ3n) is 1.96. The number of guanidine groups is 1. The van der Waals surface area contributed by atoms with Gasteiger partial charge in [0.1, 0.15) is 0 Å². The summed E-state index contributed by atoms with van der Waals surface area (Å²) in [5, 5.41) is 12.0. The van der Waals surface area contributed by atoms with Crippen molar-refractivity contribution in [1.29, 1.82) is 0 Å². The number of hydrogen-bond acceptors (Lipinski definition) is 2. The fraction of sp³-hybridized carbons (Fsp3) is 0.900. The van der Waals surface area contributed by atoms with Crippen LogP contribution >= 0.6 is 0 Å². The number of aliphatic hydroxyl groups is 1. The minimum absolute atomic E-state index is 0.0369. The van der Waals surface area contributed by atoms with Crippen LogP contribution in [0.15, 0.2) is 4.99 Å². The molecule has 0 aliphatic carbocycles. The van der Waals surface area contributed by atoms with Gasteiger partial charge in [0.05, 0.1) is 6.04 Å². The van der Waals surface area contributed by atoms with Gasteiger partial charge >= 0.3 is 0 Å². The van der Waals surface area contributed by atoms with E-state index in [1.807, 2.05) is 34.6 Å². The molecule has 2 unspecified atom stereocenters. The second-order valence-corrected chi connectivity index (χ2v) is 4.79. The highest BCUT2D eigenvalue weighted by Crippen LogP contribution is 2.05. The van der Waals surface area contributed by atoms with E-state index < -0.39 is 0 Å². The van der Waals surface area contributed by atoms with Gasteiger partial charge in [-0.05, 0) is 27.7 Å². The normalized spacial score (nSPS) is 17.7. The summed E-state index contributed by atoms with van der Waals surface area (Å²) in [6.07, 6.45) is 0. The van der Waals surface area contributed by atoms with Crippen molar-refractivity contribution < 1.29 is 5.11 Å². The summed E-state index contributed by atoms with van der Waals surface area (Å²) in [6, 6.07) is 0.0369. The van der Waals surface area contributed by atoms with Crippen LogP contribution in [-0.2, 0) is 0 Å². The Kier molecular flexibility index (Phi) is 4.91. The van der Waals surface area contributed by atoms with Crippen molar-refractivity contribution in [2.75, 3.05) is 6.61 Å². The van der Waals surface area contributed by atoms with E-state index in [2.05, 4.69) is 10.3 Å². The van der Waals surface area contributed by atoms with Crippen LogP contribution in [0.25, 0.3) is 0 Å². The molecule has 0 fully saturated rings. The maximum absolute atomic E-state index is 8.92. The molecule has 0 aromatic heterocycles. The van der Waals surface area contributed by atoms with Crippen molar-refractivity contribution in [3.05, 3.63) is 0 Å². The van der Waals surface area contributed by atoms with Crippen LogP contribution in [0.5, 0.6) is 0 Å². The predicted octanol–water partition coefficient (Wildman–Crippen LogP) is 0.706. The van der Waals surface area contributed by atoms with Gasteiger partial charge in [0, 0.05) is 18.1 Å². The minimum atomic E-state index is -0.0737. The van der Waals surface area contributed by atoms with Gasteiger partial charge in [-0.1, -0.05) is 6.92 Å². The third kappa shape index (κ3) is 5.80. The molecule has 0 aromatic carbocycles. The van der Waals surface area contributed by atoms with E-state index in [4.69, 9.17) is 10.8 Å². The van der Waals surface area contributed by atoms with E-state index in [9.17, 15) is 0 Å². The summed E-state index contributed by atoms with van der Waals surface area (Å²) < 4.78 is 0. The van der Waals surface area contributed by atoms with Crippen LogP contribution in [0, 0.1) is 5.92 Å². The van der Waals surface area contributed by atoms with E-state index in [1.165, 1.54) is 0 Å². The zero-order valence-corrected chi connectivity index (χ0v) is 9.83. The molecule has 0 aromatic rings. The summed E-state index contributed by atoms with van der Waals surface area (Å²) >= 11 is 0. The molecule has 0 saturated carbocycles. The molecule has 0 rings (SSSR count). The largest absolute Gasteiger partial charge is 0.396 e. The van der Waals surface area contributed by atoms with Gasteiger partial charge < -0.3 is 16.2 Å². The van der Waals surface area contributed by atoms with Gasteiger partial charge in [0.25, 0.3) is 0 Å². The summed E-state index contributed by atoms with van der Waals surface area (Å²) in [6.45, 7) is 10.1. The zero-order chi connectivity index (χ0) is 11.4. The Hall–Kier alpha value is -0.770. The average Bonchev–Trinajstić information content (AvgIpc) is 1.99. The number of nitrogens with zero attached hydrogens (tertiary/aromatic N) is 1. The lowest BCUT2D eigenvalue weighted by atomic mass is 10.1. The number of rotatable bonds is 3. The van der Waals surface area contributed by atoms with Crippen LogP contribution in [0.1, 0.15) is 34.6 Å². The van der Waals surface area contributed by atoms with Crippen molar-refractivity contribution in [3.63, 3.8) is 0 Å².